The average molecular weight is 355 g/mol. The highest BCUT2D eigenvalue weighted by Gasteiger charge is 2.27. The van der Waals surface area contributed by atoms with Crippen molar-refractivity contribution < 1.29 is 14.6 Å². The number of aliphatic hydroxyl groups is 1. The van der Waals surface area contributed by atoms with Crippen LogP contribution in [0.15, 0.2) is 12.1 Å². The summed E-state index contributed by atoms with van der Waals surface area (Å²) in [6.45, 7) is 6.10. The molecule has 1 fully saturated rings. The van der Waals surface area contributed by atoms with E-state index in [0.29, 0.717) is 18.7 Å². The Morgan fingerprint density at radius 3 is 2.75 bits per heavy atom. The summed E-state index contributed by atoms with van der Waals surface area (Å²) in [5, 5.41) is 13.9. The highest BCUT2D eigenvalue weighted by atomic mass is 35.5. The fraction of sp³-hybridized carbons (Fsp3) is 0.611. The average Bonchev–Trinajstić information content (AvgIpc) is 2.92. The number of β-amino-alcohol motifs (C(OH)–C–C–N with tert-alkyl or cyclic N) is 1. The van der Waals surface area contributed by atoms with E-state index in [-0.39, 0.29) is 18.4 Å². The first-order valence-corrected chi connectivity index (χ1v) is 8.44. The van der Waals surface area contributed by atoms with Crippen LogP contribution < -0.4 is 5.32 Å². The molecule has 24 heavy (non-hydrogen) atoms. The number of nitrogens with zero attached hydrogens (tertiary/aromatic N) is 1. The van der Waals surface area contributed by atoms with Gasteiger partial charge in [0.1, 0.15) is 6.61 Å². The molecule has 2 N–H and O–H groups in total. The summed E-state index contributed by atoms with van der Waals surface area (Å²) < 4.78 is 5.09. The Balaban J connectivity index is 0.00000208. The molecule has 0 unspecified atom stereocenters. The van der Waals surface area contributed by atoms with Gasteiger partial charge in [-0.05, 0) is 69.6 Å². The molecule has 2 aliphatic rings. The Morgan fingerprint density at radius 2 is 2.08 bits per heavy atom. The topological polar surface area (TPSA) is 61.8 Å². The SMILES string of the molecule is CNCC1CCN(C[C@@H](O)c2ccc3c(c2C)COC3=O)CC1.Cl. The van der Waals surface area contributed by atoms with Crippen LogP contribution in [0.25, 0.3) is 0 Å². The van der Waals surface area contributed by atoms with Crippen molar-refractivity contribution in [1.82, 2.24) is 10.2 Å². The molecule has 2 heterocycles. The van der Waals surface area contributed by atoms with Crippen LogP contribution >= 0.6 is 12.4 Å². The fourth-order valence-corrected chi connectivity index (χ4v) is 3.73. The molecule has 0 amide bonds. The molecule has 1 aromatic rings. The highest BCUT2D eigenvalue weighted by Crippen LogP contribution is 2.30. The van der Waals surface area contributed by atoms with Crippen LogP contribution in [0.1, 0.15) is 46.0 Å². The van der Waals surface area contributed by atoms with Gasteiger partial charge in [-0.15, -0.1) is 12.4 Å². The molecule has 0 aliphatic carbocycles. The summed E-state index contributed by atoms with van der Waals surface area (Å²) in [5.41, 5.74) is 3.48. The zero-order valence-corrected chi connectivity index (χ0v) is 15.2. The Morgan fingerprint density at radius 1 is 1.38 bits per heavy atom. The number of nitrogens with one attached hydrogen (secondary N) is 1. The molecule has 1 saturated heterocycles. The first-order chi connectivity index (χ1) is 11.1. The van der Waals surface area contributed by atoms with Crippen LogP contribution in [0.5, 0.6) is 0 Å². The van der Waals surface area contributed by atoms with E-state index in [1.54, 1.807) is 6.07 Å². The zero-order chi connectivity index (χ0) is 16.4. The normalized spacial score (nSPS) is 19.5. The number of aliphatic hydroxyl groups excluding tert-OH is 1. The molecule has 3 rings (SSSR count). The number of ether oxygens (including phenoxy) is 1. The largest absolute Gasteiger partial charge is 0.457 e. The van der Waals surface area contributed by atoms with Crippen molar-refractivity contribution in [3.05, 3.63) is 34.4 Å². The standard InChI is InChI=1S/C18H26N2O3.ClH/c1-12-14(3-4-15-16(12)11-23-18(15)22)17(21)10-20-7-5-13(6-8-20)9-19-2;/h3-4,13,17,19,21H,5-11H2,1-2H3;1H/t17-;/m1./s1. The number of esters is 1. The lowest BCUT2D eigenvalue weighted by molar-refractivity contribution is 0.0535. The van der Waals surface area contributed by atoms with Crippen LogP contribution in [0.4, 0.5) is 0 Å². The number of rotatable bonds is 5. The number of hydrogen-bond donors (Lipinski definition) is 2. The van der Waals surface area contributed by atoms with E-state index in [1.807, 2.05) is 20.0 Å². The predicted octanol–water partition coefficient (Wildman–Crippen LogP) is 2.05. The quantitative estimate of drug-likeness (QED) is 0.792. The van der Waals surface area contributed by atoms with Crippen molar-refractivity contribution in [2.45, 2.75) is 32.5 Å². The van der Waals surface area contributed by atoms with Gasteiger partial charge in [0.25, 0.3) is 0 Å². The number of piperidine rings is 1. The first-order valence-electron chi connectivity index (χ1n) is 8.44. The number of halogens is 1. The van der Waals surface area contributed by atoms with Gasteiger partial charge in [-0.3, -0.25) is 0 Å². The third-order valence-electron chi connectivity index (χ3n) is 5.20. The van der Waals surface area contributed by atoms with Crippen molar-refractivity contribution in [2.75, 3.05) is 33.2 Å². The summed E-state index contributed by atoms with van der Waals surface area (Å²) in [7, 11) is 2.00. The smallest absolute Gasteiger partial charge is 0.338 e. The van der Waals surface area contributed by atoms with Crippen LogP contribution in [0.3, 0.4) is 0 Å². The number of fused-ring (bicyclic) bond motifs is 1. The molecule has 0 saturated carbocycles. The summed E-state index contributed by atoms with van der Waals surface area (Å²) in [5.74, 6) is 0.494. The lowest BCUT2D eigenvalue weighted by atomic mass is 9.93. The second-order valence-electron chi connectivity index (χ2n) is 6.70. The third kappa shape index (κ3) is 3.91. The number of carbonyl (C=O) groups excluding carboxylic acids is 1. The van der Waals surface area contributed by atoms with Gasteiger partial charge in [0.05, 0.1) is 11.7 Å². The maximum Gasteiger partial charge on any atom is 0.338 e. The van der Waals surface area contributed by atoms with E-state index in [0.717, 1.165) is 42.2 Å². The minimum Gasteiger partial charge on any atom is -0.457 e. The second-order valence-corrected chi connectivity index (χ2v) is 6.70. The number of hydrogen-bond acceptors (Lipinski definition) is 5. The van der Waals surface area contributed by atoms with Gasteiger partial charge in [0, 0.05) is 12.1 Å². The van der Waals surface area contributed by atoms with E-state index in [1.165, 1.54) is 12.8 Å². The summed E-state index contributed by atoms with van der Waals surface area (Å²) >= 11 is 0. The van der Waals surface area contributed by atoms with Gasteiger partial charge in [-0.2, -0.15) is 0 Å². The van der Waals surface area contributed by atoms with Gasteiger partial charge in [-0.25, -0.2) is 4.79 Å². The number of carbonyl (C=O) groups is 1. The lowest BCUT2D eigenvalue weighted by Gasteiger charge is -2.33. The van der Waals surface area contributed by atoms with Crippen LogP contribution in [-0.4, -0.2) is 49.2 Å². The number of benzene rings is 1. The molecule has 0 spiro atoms. The van der Waals surface area contributed by atoms with E-state index in [4.69, 9.17) is 4.74 Å². The van der Waals surface area contributed by atoms with Crippen molar-refractivity contribution >= 4 is 18.4 Å². The van der Waals surface area contributed by atoms with Gasteiger partial charge in [0.15, 0.2) is 0 Å². The van der Waals surface area contributed by atoms with Crippen molar-refractivity contribution in [1.29, 1.82) is 0 Å². The van der Waals surface area contributed by atoms with Crippen LogP contribution in [-0.2, 0) is 11.3 Å². The Bertz CT molecular complexity index is 586. The highest BCUT2D eigenvalue weighted by molar-refractivity contribution is 5.93. The molecule has 0 aromatic heterocycles. The van der Waals surface area contributed by atoms with E-state index in [2.05, 4.69) is 10.2 Å². The minimum atomic E-state index is -0.517. The van der Waals surface area contributed by atoms with Crippen LogP contribution in [0, 0.1) is 12.8 Å². The molecule has 1 atom stereocenters. The number of cyclic esters (lactones) is 1. The third-order valence-corrected chi connectivity index (χ3v) is 5.20. The van der Waals surface area contributed by atoms with E-state index < -0.39 is 6.10 Å². The fourth-order valence-electron chi connectivity index (χ4n) is 3.73. The molecular formula is C18H27ClN2O3. The molecule has 0 radical (unpaired) electrons. The van der Waals surface area contributed by atoms with Crippen LogP contribution in [0.2, 0.25) is 0 Å². The molecule has 0 bridgehead atoms. The Hall–Kier alpha value is -1.14. The molecule has 2 aliphatic heterocycles. The van der Waals surface area contributed by atoms with E-state index in [9.17, 15) is 9.90 Å². The van der Waals surface area contributed by atoms with Crippen molar-refractivity contribution in [3.63, 3.8) is 0 Å². The number of likely N-dealkylation sites (tertiary alicyclic amines) is 1. The molecule has 134 valence electrons. The second kappa shape index (κ2) is 8.30. The Kier molecular flexibility index (Phi) is 6.63. The minimum absolute atomic E-state index is 0. The van der Waals surface area contributed by atoms with Crippen molar-refractivity contribution in [3.8, 4) is 0 Å². The predicted molar refractivity (Wildman–Crippen MR) is 95.6 cm³/mol. The monoisotopic (exact) mass is 354 g/mol. The molecule has 1 aromatic carbocycles. The first kappa shape index (κ1) is 19.2. The van der Waals surface area contributed by atoms with E-state index >= 15 is 0 Å². The van der Waals surface area contributed by atoms with Crippen molar-refractivity contribution in [2.24, 2.45) is 5.92 Å². The van der Waals surface area contributed by atoms with Gasteiger partial charge < -0.3 is 20.1 Å². The van der Waals surface area contributed by atoms with Gasteiger partial charge in [0.2, 0.25) is 0 Å². The lowest BCUT2D eigenvalue weighted by Crippen LogP contribution is -2.38. The molecule has 5 nitrogen and oxygen atoms in total. The Labute approximate surface area is 149 Å². The van der Waals surface area contributed by atoms with Gasteiger partial charge in [-0.1, -0.05) is 6.07 Å². The molecular weight excluding hydrogens is 328 g/mol. The molecule has 6 heteroatoms. The summed E-state index contributed by atoms with van der Waals surface area (Å²) in [6, 6.07) is 3.66. The summed E-state index contributed by atoms with van der Waals surface area (Å²) in [6.07, 6.45) is 1.84. The maximum absolute atomic E-state index is 11.6. The zero-order valence-electron chi connectivity index (χ0n) is 14.4. The van der Waals surface area contributed by atoms with Gasteiger partial charge >= 0.3 is 5.97 Å². The maximum atomic E-state index is 11.6. The summed E-state index contributed by atoms with van der Waals surface area (Å²) in [4.78, 5) is 13.9.